The molecule has 0 saturated carbocycles. The standard InChI is InChI=1S/C54H108N2O3/c1-6-10-14-18-22-24-34-42-50-56(51-43-35-25-23-19-15-11-7-2)53(57)46-38-30-26-32-40-48-55(5)49-41-33-27-31-39-47-54(58)59-52(44-36-28-20-16-12-8-3)45-37-29-21-17-13-9-4/h52H,6-51H2,1-5H3. The minimum absolute atomic E-state index is 0.0449. The van der Waals surface area contributed by atoms with Crippen molar-refractivity contribution >= 4 is 11.9 Å². The molecular formula is C54H108N2O3. The van der Waals surface area contributed by atoms with Crippen LogP contribution in [-0.4, -0.2) is 61.0 Å². The van der Waals surface area contributed by atoms with E-state index in [-0.39, 0.29) is 12.1 Å². The smallest absolute Gasteiger partial charge is 0.306 e. The number of carbonyl (C=O) groups is 2. The molecule has 0 aromatic heterocycles. The van der Waals surface area contributed by atoms with Crippen LogP contribution in [0.5, 0.6) is 0 Å². The first-order valence-corrected chi connectivity index (χ1v) is 27.1. The molecule has 0 atom stereocenters. The lowest BCUT2D eigenvalue weighted by molar-refractivity contribution is -0.150. The summed E-state index contributed by atoms with van der Waals surface area (Å²) in [5.41, 5.74) is 0. The van der Waals surface area contributed by atoms with Crippen LogP contribution in [0.2, 0.25) is 0 Å². The fourth-order valence-corrected chi connectivity index (χ4v) is 8.69. The highest BCUT2D eigenvalue weighted by molar-refractivity contribution is 5.76. The van der Waals surface area contributed by atoms with Crippen molar-refractivity contribution in [3.05, 3.63) is 0 Å². The highest BCUT2D eigenvalue weighted by Crippen LogP contribution is 2.19. The molecule has 0 spiro atoms. The lowest BCUT2D eigenvalue weighted by atomic mass is 10.0. The van der Waals surface area contributed by atoms with Crippen molar-refractivity contribution in [3.63, 3.8) is 0 Å². The van der Waals surface area contributed by atoms with E-state index in [0.29, 0.717) is 12.3 Å². The van der Waals surface area contributed by atoms with Gasteiger partial charge in [0.1, 0.15) is 6.10 Å². The third-order valence-corrected chi connectivity index (χ3v) is 12.8. The number of esters is 1. The SMILES string of the molecule is CCCCCCCCCCN(CCCCCCCCCC)C(=O)CCCCCCCN(C)CCCCCCCC(=O)OC(CCCCCCCC)CCCCCCCC. The number of carbonyl (C=O) groups excluding carboxylic acids is 2. The molecular weight excluding hydrogens is 725 g/mol. The Kier molecular flexibility index (Phi) is 47.0. The molecule has 0 aliphatic heterocycles. The number of ether oxygens (including phenoxy) is 1. The molecule has 0 radical (unpaired) electrons. The average molecular weight is 833 g/mol. The number of hydrogen-bond donors (Lipinski definition) is 0. The maximum atomic E-state index is 13.3. The van der Waals surface area contributed by atoms with Gasteiger partial charge in [0, 0.05) is 25.9 Å². The van der Waals surface area contributed by atoms with Gasteiger partial charge in [-0.25, -0.2) is 0 Å². The molecule has 0 rings (SSSR count). The molecule has 0 aliphatic rings. The lowest BCUT2D eigenvalue weighted by Gasteiger charge is -2.23. The topological polar surface area (TPSA) is 49.9 Å². The van der Waals surface area contributed by atoms with Crippen LogP contribution in [0.25, 0.3) is 0 Å². The van der Waals surface area contributed by atoms with E-state index in [2.05, 4.69) is 44.5 Å². The van der Waals surface area contributed by atoms with E-state index >= 15 is 0 Å². The van der Waals surface area contributed by atoms with Gasteiger partial charge in [0.05, 0.1) is 0 Å². The molecule has 0 N–H and O–H groups in total. The summed E-state index contributed by atoms with van der Waals surface area (Å²) >= 11 is 0. The van der Waals surface area contributed by atoms with Gasteiger partial charge in [-0.3, -0.25) is 9.59 Å². The summed E-state index contributed by atoms with van der Waals surface area (Å²) in [6, 6.07) is 0. The van der Waals surface area contributed by atoms with Crippen LogP contribution < -0.4 is 0 Å². The Morgan fingerprint density at radius 3 is 1.02 bits per heavy atom. The molecule has 352 valence electrons. The average Bonchev–Trinajstić information content (AvgIpc) is 3.23. The van der Waals surface area contributed by atoms with Gasteiger partial charge in [-0.15, -0.1) is 0 Å². The van der Waals surface area contributed by atoms with Gasteiger partial charge < -0.3 is 14.5 Å². The second-order valence-electron chi connectivity index (χ2n) is 18.9. The third-order valence-electron chi connectivity index (χ3n) is 12.8. The maximum absolute atomic E-state index is 13.3. The second kappa shape index (κ2) is 47.9. The summed E-state index contributed by atoms with van der Waals surface area (Å²) in [7, 11) is 2.27. The highest BCUT2D eigenvalue weighted by Gasteiger charge is 2.15. The molecule has 59 heavy (non-hydrogen) atoms. The van der Waals surface area contributed by atoms with Crippen LogP contribution in [0, 0.1) is 0 Å². The van der Waals surface area contributed by atoms with Crippen molar-refractivity contribution in [1.82, 2.24) is 9.80 Å². The summed E-state index contributed by atoms with van der Waals surface area (Å²) in [6.07, 6.45) is 52.2. The van der Waals surface area contributed by atoms with Crippen LogP contribution >= 0.6 is 0 Å². The fourth-order valence-electron chi connectivity index (χ4n) is 8.69. The zero-order valence-electron chi connectivity index (χ0n) is 41.2. The van der Waals surface area contributed by atoms with Crippen LogP contribution in [0.15, 0.2) is 0 Å². The minimum Gasteiger partial charge on any atom is -0.462 e. The van der Waals surface area contributed by atoms with E-state index in [1.165, 1.54) is 238 Å². The number of unbranched alkanes of at least 4 members (excludes halogenated alkanes) is 32. The van der Waals surface area contributed by atoms with Crippen LogP contribution in [0.1, 0.15) is 297 Å². The molecule has 0 aliphatic carbocycles. The largest absolute Gasteiger partial charge is 0.462 e. The molecule has 0 aromatic rings. The first-order chi connectivity index (χ1) is 29.0. The highest BCUT2D eigenvalue weighted by atomic mass is 16.5. The zero-order valence-corrected chi connectivity index (χ0v) is 41.2. The zero-order chi connectivity index (χ0) is 43.1. The molecule has 0 fully saturated rings. The van der Waals surface area contributed by atoms with E-state index in [1.54, 1.807) is 0 Å². The van der Waals surface area contributed by atoms with E-state index in [1.807, 2.05) is 0 Å². The Morgan fingerprint density at radius 1 is 0.356 bits per heavy atom. The van der Waals surface area contributed by atoms with Crippen LogP contribution in [0.3, 0.4) is 0 Å². The normalized spacial score (nSPS) is 11.6. The van der Waals surface area contributed by atoms with Gasteiger partial charge in [0.25, 0.3) is 0 Å². The maximum Gasteiger partial charge on any atom is 0.306 e. The summed E-state index contributed by atoms with van der Waals surface area (Å²) in [4.78, 5) is 30.8. The van der Waals surface area contributed by atoms with Crippen LogP contribution in [0.4, 0.5) is 0 Å². The first kappa shape index (κ1) is 57.9. The predicted molar refractivity (Wildman–Crippen MR) is 261 cm³/mol. The summed E-state index contributed by atoms with van der Waals surface area (Å²) < 4.78 is 6.05. The van der Waals surface area contributed by atoms with Crippen molar-refractivity contribution in [3.8, 4) is 0 Å². The molecule has 5 nitrogen and oxygen atoms in total. The third kappa shape index (κ3) is 43.3. The van der Waals surface area contributed by atoms with Crippen molar-refractivity contribution in [2.24, 2.45) is 0 Å². The number of rotatable bonds is 49. The van der Waals surface area contributed by atoms with Crippen LogP contribution in [-0.2, 0) is 14.3 Å². The number of amides is 1. The molecule has 0 aromatic carbocycles. The summed E-state index contributed by atoms with van der Waals surface area (Å²) in [5.74, 6) is 0.463. The molecule has 5 heteroatoms. The van der Waals surface area contributed by atoms with E-state index in [4.69, 9.17) is 4.74 Å². The Labute approximate surface area is 371 Å². The van der Waals surface area contributed by atoms with Crippen molar-refractivity contribution < 1.29 is 14.3 Å². The molecule has 0 unspecified atom stereocenters. The molecule has 0 saturated heterocycles. The van der Waals surface area contributed by atoms with E-state index in [9.17, 15) is 9.59 Å². The second-order valence-corrected chi connectivity index (χ2v) is 18.9. The Balaban J connectivity index is 4.12. The fraction of sp³-hybridized carbons (Fsp3) is 0.963. The lowest BCUT2D eigenvalue weighted by Crippen LogP contribution is -2.32. The van der Waals surface area contributed by atoms with Gasteiger partial charge in [0.15, 0.2) is 0 Å². The monoisotopic (exact) mass is 833 g/mol. The Morgan fingerprint density at radius 2 is 0.644 bits per heavy atom. The van der Waals surface area contributed by atoms with Crippen molar-refractivity contribution in [2.45, 2.75) is 303 Å². The van der Waals surface area contributed by atoms with Gasteiger partial charge in [-0.05, 0) is 84.3 Å². The molecule has 1 amide bonds. The molecule has 0 heterocycles. The van der Waals surface area contributed by atoms with Crippen molar-refractivity contribution in [2.75, 3.05) is 33.2 Å². The van der Waals surface area contributed by atoms with Gasteiger partial charge in [-0.2, -0.15) is 0 Å². The first-order valence-electron chi connectivity index (χ1n) is 27.1. The summed E-state index contributed by atoms with van der Waals surface area (Å²) in [5, 5.41) is 0. The quantitative estimate of drug-likeness (QED) is 0.0453. The predicted octanol–water partition coefficient (Wildman–Crippen LogP) is 17.1. The minimum atomic E-state index is 0.0449. The van der Waals surface area contributed by atoms with E-state index < -0.39 is 0 Å². The summed E-state index contributed by atoms with van der Waals surface area (Å²) in [6.45, 7) is 13.4. The van der Waals surface area contributed by atoms with Gasteiger partial charge in [-0.1, -0.05) is 220 Å². The number of nitrogens with zero attached hydrogens (tertiary/aromatic N) is 2. The van der Waals surface area contributed by atoms with Crippen molar-refractivity contribution in [1.29, 1.82) is 0 Å². The Hall–Kier alpha value is -1.10. The van der Waals surface area contributed by atoms with Gasteiger partial charge >= 0.3 is 5.97 Å². The Bertz CT molecular complexity index is 813. The number of hydrogen-bond acceptors (Lipinski definition) is 4. The van der Waals surface area contributed by atoms with Gasteiger partial charge in [0.2, 0.25) is 5.91 Å². The van der Waals surface area contributed by atoms with E-state index in [0.717, 1.165) is 51.6 Å². The molecule has 0 bridgehead atoms.